The van der Waals surface area contributed by atoms with Crippen molar-refractivity contribution in [2.75, 3.05) is 32.1 Å². The highest BCUT2D eigenvalue weighted by Crippen LogP contribution is 2.24. The summed E-state index contributed by atoms with van der Waals surface area (Å²) in [6.45, 7) is 3.67. The lowest BCUT2D eigenvalue weighted by atomic mass is 10.1. The van der Waals surface area contributed by atoms with E-state index in [1.165, 1.54) is 0 Å². The number of ether oxygens (including phenoxy) is 1. The van der Waals surface area contributed by atoms with Crippen LogP contribution in [0.3, 0.4) is 0 Å². The van der Waals surface area contributed by atoms with Crippen molar-refractivity contribution >= 4 is 35.8 Å². The van der Waals surface area contributed by atoms with Crippen molar-refractivity contribution in [2.45, 2.75) is 33.1 Å². The van der Waals surface area contributed by atoms with Gasteiger partial charge in [-0.1, -0.05) is 18.2 Å². The van der Waals surface area contributed by atoms with Crippen molar-refractivity contribution in [3.05, 3.63) is 53.2 Å². The molecule has 0 aliphatic rings. The molecular formula is C21H29F3IN5O. The Balaban J connectivity index is 0.00000480. The van der Waals surface area contributed by atoms with Crippen molar-refractivity contribution < 1.29 is 17.9 Å². The van der Waals surface area contributed by atoms with E-state index in [0.717, 1.165) is 17.1 Å². The molecule has 1 aromatic heterocycles. The number of nitrogens with one attached hydrogen (secondary N) is 2. The van der Waals surface area contributed by atoms with E-state index in [1.54, 1.807) is 19.1 Å². The molecule has 0 spiro atoms. The van der Waals surface area contributed by atoms with Crippen LogP contribution in [0.4, 0.5) is 19.0 Å². The summed E-state index contributed by atoms with van der Waals surface area (Å²) in [7, 11) is 3.84. The largest absolute Gasteiger partial charge is 0.484 e. The van der Waals surface area contributed by atoms with Crippen molar-refractivity contribution in [3.63, 3.8) is 0 Å². The normalized spacial score (nSPS) is 11.5. The minimum atomic E-state index is -4.39. The Bertz CT molecular complexity index is 859. The van der Waals surface area contributed by atoms with Gasteiger partial charge >= 0.3 is 6.18 Å². The van der Waals surface area contributed by atoms with E-state index >= 15 is 0 Å². The first-order valence-corrected chi connectivity index (χ1v) is 9.62. The molecular weight excluding hydrogens is 522 g/mol. The summed E-state index contributed by atoms with van der Waals surface area (Å²) in [5.74, 6) is 1.58. The van der Waals surface area contributed by atoms with Gasteiger partial charge in [-0.15, -0.1) is 24.0 Å². The number of pyridine rings is 1. The fraction of sp³-hybridized carbons (Fsp3) is 0.429. The monoisotopic (exact) mass is 551 g/mol. The molecule has 0 atom stereocenters. The van der Waals surface area contributed by atoms with Crippen molar-refractivity contribution in [2.24, 2.45) is 4.99 Å². The van der Waals surface area contributed by atoms with E-state index in [2.05, 4.69) is 20.6 Å². The van der Waals surface area contributed by atoms with Gasteiger partial charge in [-0.2, -0.15) is 13.2 Å². The molecule has 0 radical (unpaired) electrons. The lowest BCUT2D eigenvalue weighted by molar-refractivity contribution is -0.153. The zero-order valence-corrected chi connectivity index (χ0v) is 20.4. The first kappa shape index (κ1) is 26.8. The molecule has 0 saturated carbocycles. The molecule has 31 heavy (non-hydrogen) atoms. The second-order valence-electron chi connectivity index (χ2n) is 6.95. The lowest BCUT2D eigenvalue weighted by Crippen LogP contribution is -2.37. The molecule has 2 rings (SSSR count). The number of guanidine groups is 1. The first-order valence-electron chi connectivity index (χ1n) is 9.62. The summed E-state index contributed by atoms with van der Waals surface area (Å²) in [6.07, 6.45) is -4.39. The van der Waals surface area contributed by atoms with Crippen LogP contribution in [-0.4, -0.2) is 44.4 Å². The third-order valence-electron chi connectivity index (χ3n) is 4.05. The number of rotatable bonds is 8. The van der Waals surface area contributed by atoms with Gasteiger partial charge in [0.1, 0.15) is 11.6 Å². The van der Waals surface area contributed by atoms with Gasteiger partial charge in [0.25, 0.3) is 0 Å². The van der Waals surface area contributed by atoms with Gasteiger partial charge in [0.2, 0.25) is 0 Å². The van der Waals surface area contributed by atoms with E-state index in [0.29, 0.717) is 24.6 Å². The second kappa shape index (κ2) is 12.6. The Morgan fingerprint density at radius 2 is 1.90 bits per heavy atom. The Kier molecular flexibility index (Phi) is 10.9. The minimum absolute atomic E-state index is 0. The summed E-state index contributed by atoms with van der Waals surface area (Å²) in [6, 6.07) is 10.9. The summed E-state index contributed by atoms with van der Waals surface area (Å²) >= 11 is 0. The van der Waals surface area contributed by atoms with Gasteiger partial charge in [0.15, 0.2) is 12.6 Å². The SMILES string of the molecule is CCNC(=NCc1ccc(C)cc1OCC(F)(F)F)NCc1cccc(N(C)C)n1.I. The fourth-order valence-electron chi connectivity index (χ4n) is 2.58. The van der Waals surface area contributed by atoms with Crippen LogP contribution in [0.5, 0.6) is 5.75 Å². The van der Waals surface area contributed by atoms with E-state index < -0.39 is 12.8 Å². The maximum absolute atomic E-state index is 12.5. The molecule has 0 aliphatic carbocycles. The molecule has 172 valence electrons. The smallest absolute Gasteiger partial charge is 0.422 e. The van der Waals surface area contributed by atoms with E-state index in [9.17, 15) is 13.2 Å². The third kappa shape index (κ3) is 9.62. The number of aromatic nitrogens is 1. The molecule has 1 aromatic carbocycles. The van der Waals surface area contributed by atoms with Crippen LogP contribution < -0.4 is 20.3 Å². The zero-order valence-electron chi connectivity index (χ0n) is 18.1. The Morgan fingerprint density at radius 3 is 2.55 bits per heavy atom. The Labute approximate surface area is 198 Å². The Morgan fingerprint density at radius 1 is 1.16 bits per heavy atom. The van der Waals surface area contributed by atoms with Crippen LogP contribution >= 0.6 is 24.0 Å². The standard InChI is InChI=1S/C21H28F3N5O.HI/c1-5-25-20(27-13-17-7-6-8-19(28-17)29(3)4)26-12-16-10-9-15(2)11-18(16)30-14-21(22,23)24;/h6-11H,5,12-14H2,1-4H3,(H2,25,26,27);1H. The van der Waals surface area contributed by atoms with Crippen LogP contribution in [0.15, 0.2) is 41.4 Å². The number of hydrogen-bond donors (Lipinski definition) is 2. The molecule has 0 unspecified atom stereocenters. The van der Waals surface area contributed by atoms with Crippen molar-refractivity contribution in [1.29, 1.82) is 0 Å². The van der Waals surface area contributed by atoms with Crippen LogP contribution in [0.25, 0.3) is 0 Å². The van der Waals surface area contributed by atoms with Gasteiger partial charge in [-0.25, -0.2) is 9.98 Å². The highest BCUT2D eigenvalue weighted by molar-refractivity contribution is 14.0. The molecule has 0 amide bonds. The molecule has 1 heterocycles. The van der Waals surface area contributed by atoms with Gasteiger partial charge in [-0.3, -0.25) is 0 Å². The van der Waals surface area contributed by atoms with E-state index in [1.807, 2.05) is 50.2 Å². The maximum Gasteiger partial charge on any atom is 0.422 e. The van der Waals surface area contributed by atoms with Crippen LogP contribution in [0, 0.1) is 6.92 Å². The molecule has 6 nitrogen and oxygen atoms in total. The van der Waals surface area contributed by atoms with Crippen molar-refractivity contribution in [1.82, 2.24) is 15.6 Å². The summed E-state index contributed by atoms with van der Waals surface area (Å²) in [5.41, 5.74) is 2.24. The number of halogens is 4. The number of alkyl halides is 3. The number of anilines is 1. The highest BCUT2D eigenvalue weighted by atomic mass is 127. The predicted octanol–water partition coefficient (Wildman–Crippen LogP) is 4.27. The van der Waals surface area contributed by atoms with Crippen LogP contribution in [0.2, 0.25) is 0 Å². The molecule has 2 N–H and O–H groups in total. The molecule has 0 aliphatic heterocycles. The van der Waals surface area contributed by atoms with Gasteiger partial charge in [0.05, 0.1) is 18.8 Å². The average molecular weight is 551 g/mol. The summed E-state index contributed by atoms with van der Waals surface area (Å²) < 4.78 is 42.6. The van der Waals surface area contributed by atoms with Gasteiger partial charge < -0.3 is 20.3 Å². The number of hydrogen-bond acceptors (Lipinski definition) is 4. The lowest BCUT2D eigenvalue weighted by Gasteiger charge is -2.15. The topological polar surface area (TPSA) is 61.8 Å². The summed E-state index contributed by atoms with van der Waals surface area (Å²) in [5, 5.41) is 6.32. The van der Waals surface area contributed by atoms with E-state index in [-0.39, 0.29) is 36.3 Å². The summed E-state index contributed by atoms with van der Waals surface area (Å²) in [4.78, 5) is 11.0. The second-order valence-corrected chi connectivity index (χ2v) is 6.95. The maximum atomic E-state index is 12.5. The highest BCUT2D eigenvalue weighted by Gasteiger charge is 2.28. The zero-order chi connectivity index (χ0) is 22.1. The predicted molar refractivity (Wildman–Crippen MR) is 128 cm³/mol. The van der Waals surface area contributed by atoms with Gasteiger partial charge in [-0.05, 0) is 37.6 Å². The molecule has 0 bridgehead atoms. The molecule has 0 saturated heterocycles. The first-order chi connectivity index (χ1) is 14.2. The van der Waals surface area contributed by atoms with Gasteiger partial charge in [0, 0.05) is 26.2 Å². The van der Waals surface area contributed by atoms with Crippen LogP contribution in [0.1, 0.15) is 23.7 Å². The molecule has 0 fully saturated rings. The minimum Gasteiger partial charge on any atom is -0.484 e. The quantitative estimate of drug-likeness (QED) is 0.292. The number of aliphatic imine (C=N–C) groups is 1. The fourth-order valence-corrected chi connectivity index (χ4v) is 2.58. The number of nitrogens with zero attached hydrogens (tertiary/aromatic N) is 3. The average Bonchev–Trinajstić information content (AvgIpc) is 2.69. The molecule has 10 heteroatoms. The third-order valence-corrected chi connectivity index (χ3v) is 4.05. The van der Waals surface area contributed by atoms with E-state index in [4.69, 9.17) is 4.74 Å². The molecule has 2 aromatic rings. The Hall–Kier alpha value is -2.24. The number of benzene rings is 1. The van der Waals surface area contributed by atoms with Crippen LogP contribution in [-0.2, 0) is 13.1 Å². The number of aryl methyl sites for hydroxylation is 1. The van der Waals surface area contributed by atoms with Crippen molar-refractivity contribution in [3.8, 4) is 5.75 Å².